The zero-order valence-electron chi connectivity index (χ0n) is 6.34. The number of hydrogen-bond donors (Lipinski definition) is 0. The molecule has 1 heterocycles. The molecule has 0 aromatic heterocycles. The minimum Gasteiger partial charge on any atom is -0.370 e. The summed E-state index contributed by atoms with van der Waals surface area (Å²) in [6.07, 6.45) is 2.51. The first-order chi connectivity index (χ1) is 4.93. The molecule has 1 fully saturated rings. The van der Waals surface area contributed by atoms with Gasteiger partial charge < -0.3 is 4.74 Å². The molecule has 0 aromatic rings. The number of epoxide rings is 1. The molecular weight excluding hydrogens is 132 g/mol. The lowest BCUT2D eigenvalue weighted by Crippen LogP contribution is -2.03. The van der Waals surface area contributed by atoms with Crippen molar-refractivity contribution in [3.8, 4) is 0 Å². The molecule has 3 nitrogen and oxygen atoms in total. The van der Waals surface area contributed by atoms with Gasteiger partial charge in [-0.1, -0.05) is 13.3 Å². The van der Waals surface area contributed by atoms with Gasteiger partial charge in [-0.25, -0.2) is 9.78 Å². The van der Waals surface area contributed by atoms with Crippen molar-refractivity contribution in [1.29, 1.82) is 0 Å². The Morgan fingerprint density at radius 2 is 2.30 bits per heavy atom. The summed E-state index contributed by atoms with van der Waals surface area (Å²) in [4.78, 5) is 9.68. The fourth-order valence-corrected chi connectivity index (χ4v) is 0.550. The number of unbranched alkanes of at least 4 members (excludes halogenated alkanes) is 1. The highest BCUT2D eigenvalue weighted by atomic mass is 17.2. The van der Waals surface area contributed by atoms with Gasteiger partial charge in [0.2, 0.25) is 0 Å². The van der Waals surface area contributed by atoms with Crippen molar-refractivity contribution in [3.63, 3.8) is 0 Å². The minimum absolute atomic E-state index is 0.307. The zero-order chi connectivity index (χ0) is 7.23. The first-order valence-corrected chi connectivity index (χ1v) is 3.79. The maximum atomic E-state index is 4.91. The van der Waals surface area contributed by atoms with Crippen LogP contribution in [0.2, 0.25) is 0 Å². The van der Waals surface area contributed by atoms with Crippen LogP contribution in [0.3, 0.4) is 0 Å². The third kappa shape index (κ3) is 3.82. The highest BCUT2D eigenvalue weighted by Gasteiger charge is 2.22. The van der Waals surface area contributed by atoms with Gasteiger partial charge in [-0.15, -0.1) is 0 Å². The van der Waals surface area contributed by atoms with Gasteiger partial charge in [0.05, 0.1) is 13.2 Å². The van der Waals surface area contributed by atoms with Crippen LogP contribution in [0.15, 0.2) is 0 Å². The van der Waals surface area contributed by atoms with Gasteiger partial charge in [0.25, 0.3) is 0 Å². The summed E-state index contributed by atoms with van der Waals surface area (Å²) in [5, 5.41) is 0. The standard InChI is InChI=1S/C7H14O3/c1-2-3-4-9-10-6-7-5-8-7/h7H,2-6H2,1H3. The predicted molar refractivity (Wildman–Crippen MR) is 36.6 cm³/mol. The Morgan fingerprint density at radius 1 is 1.50 bits per heavy atom. The Morgan fingerprint density at radius 3 is 2.90 bits per heavy atom. The Balaban J connectivity index is 1.68. The highest BCUT2D eigenvalue weighted by Crippen LogP contribution is 2.08. The second kappa shape index (κ2) is 4.66. The van der Waals surface area contributed by atoms with Gasteiger partial charge in [-0.3, -0.25) is 0 Å². The molecule has 0 aliphatic carbocycles. The summed E-state index contributed by atoms with van der Waals surface area (Å²) in [5.41, 5.74) is 0. The van der Waals surface area contributed by atoms with Crippen molar-refractivity contribution >= 4 is 0 Å². The van der Waals surface area contributed by atoms with Crippen LogP contribution in [0.25, 0.3) is 0 Å². The van der Waals surface area contributed by atoms with E-state index < -0.39 is 0 Å². The Labute approximate surface area is 61.2 Å². The van der Waals surface area contributed by atoms with Crippen molar-refractivity contribution < 1.29 is 14.5 Å². The fraction of sp³-hybridized carbons (Fsp3) is 1.00. The quantitative estimate of drug-likeness (QED) is 0.243. The van der Waals surface area contributed by atoms with Gasteiger partial charge >= 0.3 is 0 Å². The van der Waals surface area contributed by atoms with E-state index in [1.807, 2.05) is 0 Å². The molecule has 3 heteroatoms. The average molecular weight is 146 g/mol. The van der Waals surface area contributed by atoms with E-state index >= 15 is 0 Å². The number of hydrogen-bond acceptors (Lipinski definition) is 3. The van der Waals surface area contributed by atoms with E-state index in [0.29, 0.717) is 19.3 Å². The van der Waals surface area contributed by atoms with Crippen molar-refractivity contribution in [3.05, 3.63) is 0 Å². The predicted octanol–water partition coefficient (Wildman–Crippen LogP) is 1.13. The molecule has 0 spiro atoms. The summed E-state index contributed by atoms with van der Waals surface area (Å²) in [7, 11) is 0. The van der Waals surface area contributed by atoms with Crippen molar-refractivity contribution in [2.75, 3.05) is 19.8 Å². The van der Waals surface area contributed by atoms with Crippen LogP contribution in [0, 0.1) is 0 Å². The monoisotopic (exact) mass is 146 g/mol. The zero-order valence-corrected chi connectivity index (χ0v) is 6.34. The van der Waals surface area contributed by atoms with Crippen LogP contribution in [0.4, 0.5) is 0 Å². The summed E-state index contributed by atoms with van der Waals surface area (Å²) in [6, 6.07) is 0. The molecular formula is C7H14O3. The molecule has 1 atom stereocenters. The molecule has 0 bridgehead atoms. The van der Waals surface area contributed by atoms with E-state index in [4.69, 9.17) is 14.5 Å². The topological polar surface area (TPSA) is 31.0 Å². The van der Waals surface area contributed by atoms with Gasteiger partial charge in [-0.05, 0) is 6.42 Å². The van der Waals surface area contributed by atoms with Crippen LogP contribution in [-0.2, 0) is 14.5 Å². The molecule has 10 heavy (non-hydrogen) atoms. The van der Waals surface area contributed by atoms with Gasteiger partial charge in [0.15, 0.2) is 0 Å². The smallest absolute Gasteiger partial charge is 0.111 e. The molecule has 0 amide bonds. The lowest BCUT2D eigenvalue weighted by Gasteiger charge is -1.99. The Kier molecular flexibility index (Phi) is 3.72. The maximum absolute atomic E-state index is 4.91. The second-order valence-corrected chi connectivity index (χ2v) is 2.42. The molecule has 1 saturated heterocycles. The molecule has 0 N–H and O–H groups in total. The van der Waals surface area contributed by atoms with Crippen LogP contribution in [-0.4, -0.2) is 25.9 Å². The van der Waals surface area contributed by atoms with Crippen LogP contribution < -0.4 is 0 Å². The van der Waals surface area contributed by atoms with Crippen molar-refractivity contribution in [1.82, 2.24) is 0 Å². The van der Waals surface area contributed by atoms with E-state index in [-0.39, 0.29) is 0 Å². The minimum atomic E-state index is 0.307. The van der Waals surface area contributed by atoms with E-state index in [1.165, 1.54) is 0 Å². The van der Waals surface area contributed by atoms with E-state index in [0.717, 1.165) is 19.4 Å². The lowest BCUT2D eigenvalue weighted by atomic mass is 10.4. The fourth-order valence-electron chi connectivity index (χ4n) is 0.550. The molecule has 1 aliphatic rings. The first-order valence-electron chi connectivity index (χ1n) is 3.79. The van der Waals surface area contributed by atoms with Gasteiger partial charge in [-0.2, -0.15) is 0 Å². The normalized spacial score (nSPS) is 23.1. The van der Waals surface area contributed by atoms with Gasteiger partial charge in [0, 0.05) is 0 Å². The molecule has 1 aliphatic heterocycles. The lowest BCUT2D eigenvalue weighted by molar-refractivity contribution is -0.296. The van der Waals surface area contributed by atoms with E-state index in [9.17, 15) is 0 Å². The highest BCUT2D eigenvalue weighted by molar-refractivity contribution is 4.65. The van der Waals surface area contributed by atoms with Crippen LogP contribution in [0.1, 0.15) is 19.8 Å². The van der Waals surface area contributed by atoms with Crippen molar-refractivity contribution in [2.24, 2.45) is 0 Å². The molecule has 0 radical (unpaired) electrons. The third-order valence-corrected chi connectivity index (χ3v) is 1.32. The molecule has 1 rings (SSSR count). The summed E-state index contributed by atoms with van der Waals surface area (Å²) in [5.74, 6) is 0. The summed E-state index contributed by atoms with van der Waals surface area (Å²) in [6.45, 7) is 4.23. The Hall–Kier alpha value is -0.120. The summed E-state index contributed by atoms with van der Waals surface area (Å²) < 4.78 is 4.91. The summed E-state index contributed by atoms with van der Waals surface area (Å²) >= 11 is 0. The van der Waals surface area contributed by atoms with Crippen molar-refractivity contribution in [2.45, 2.75) is 25.9 Å². The van der Waals surface area contributed by atoms with E-state index in [1.54, 1.807) is 0 Å². The average Bonchev–Trinajstić information content (AvgIpc) is 2.71. The second-order valence-electron chi connectivity index (χ2n) is 2.42. The van der Waals surface area contributed by atoms with Crippen LogP contribution >= 0.6 is 0 Å². The third-order valence-electron chi connectivity index (χ3n) is 1.32. The van der Waals surface area contributed by atoms with E-state index in [2.05, 4.69) is 6.92 Å². The Bertz CT molecular complexity index is 80.9. The maximum Gasteiger partial charge on any atom is 0.111 e. The SMILES string of the molecule is CCCCOOCC1CO1. The first kappa shape index (κ1) is 7.98. The van der Waals surface area contributed by atoms with Crippen LogP contribution in [0.5, 0.6) is 0 Å². The number of rotatable bonds is 6. The molecule has 0 aromatic carbocycles. The number of ether oxygens (including phenoxy) is 1. The molecule has 0 saturated carbocycles. The molecule has 1 unspecified atom stereocenters. The molecule has 60 valence electrons. The van der Waals surface area contributed by atoms with Gasteiger partial charge in [0.1, 0.15) is 12.7 Å². The largest absolute Gasteiger partial charge is 0.370 e.